The summed E-state index contributed by atoms with van der Waals surface area (Å²) in [5.41, 5.74) is 0.519. The summed E-state index contributed by atoms with van der Waals surface area (Å²) in [7, 11) is 0. The summed E-state index contributed by atoms with van der Waals surface area (Å²) >= 11 is 4.26. The Kier molecular flexibility index (Phi) is 3.55. The zero-order valence-corrected chi connectivity index (χ0v) is 12.6. The van der Waals surface area contributed by atoms with Gasteiger partial charge in [-0.1, -0.05) is 27.7 Å². The van der Waals surface area contributed by atoms with E-state index < -0.39 is 11.2 Å². The first kappa shape index (κ1) is 13.6. The second-order valence-electron chi connectivity index (χ2n) is 4.63. The van der Waals surface area contributed by atoms with Crippen molar-refractivity contribution in [2.24, 2.45) is 5.92 Å². The van der Waals surface area contributed by atoms with Crippen molar-refractivity contribution in [3.8, 4) is 5.75 Å². The second-order valence-corrected chi connectivity index (χ2v) is 6.72. The normalized spacial score (nSPS) is 25.1. The maximum Gasteiger partial charge on any atom is 0.286 e. The zero-order valence-electron chi connectivity index (χ0n) is 10.2. The fourth-order valence-corrected chi connectivity index (χ4v) is 3.56. The topological polar surface area (TPSA) is 72.5 Å². The number of halogens is 1. The number of fused-ring (bicyclic) bond motifs is 1. The average molecular weight is 356 g/mol. The van der Waals surface area contributed by atoms with Crippen molar-refractivity contribution >= 4 is 44.6 Å². The molecule has 1 aromatic rings. The van der Waals surface area contributed by atoms with Crippen molar-refractivity contribution in [1.29, 1.82) is 0 Å². The Labute approximate surface area is 127 Å². The van der Waals surface area contributed by atoms with Gasteiger partial charge in [-0.2, -0.15) is 0 Å². The van der Waals surface area contributed by atoms with Crippen LogP contribution in [0.4, 0.5) is 4.79 Å². The number of thioether (sulfide) groups is 1. The number of carbonyl (C=O) groups is 3. The number of ether oxygens (including phenoxy) is 1. The number of nitrogens with one attached hydrogen (secondary N) is 1. The Bertz CT molecular complexity index is 618. The van der Waals surface area contributed by atoms with E-state index in [1.54, 1.807) is 12.1 Å². The number of carbonyl (C=O) groups excluding carboxylic acids is 3. The minimum atomic E-state index is -0.506. The first-order chi connectivity index (χ1) is 9.54. The fourth-order valence-electron chi connectivity index (χ4n) is 2.29. The van der Waals surface area contributed by atoms with E-state index in [1.165, 1.54) is 0 Å². The number of amides is 2. The van der Waals surface area contributed by atoms with Crippen molar-refractivity contribution in [3.63, 3.8) is 0 Å². The smallest absolute Gasteiger partial charge is 0.286 e. The van der Waals surface area contributed by atoms with Crippen molar-refractivity contribution in [1.82, 2.24) is 5.32 Å². The predicted octanol–water partition coefficient (Wildman–Crippen LogP) is 2.38. The molecule has 2 atom stereocenters. The van der Waals surface area contributed by atoms with Crippen molar-refractivity contribution in [2.45, 2.75) is 11.7 Å². The van der Waals surface area contributed by atoms with Crippen LogP contribution in [0.1, 0.15) is 16.8 Å². The molecular formula is C13H10BrNO4S. The number of rotatable bonds is 2. The van der Waals surface area contributed by atoms with Crippen LogP contribution in [0.2, 0.25) is 0 Å². The first-order valence-corrected chi connectivity index (χ1v) is 7.70. The SMILES string of the molecule is O=C1NC(=O)C(CC2COc3ccc(Br)cc3C2=O)S1. The summed E-state index contributed by atoms with van der Waals surface area (Å²) in [5.74, 6) is -0.201. The summed E-state index contributed by atoms with van der Waals surface area (Å²) in [6, 6.07) is 5.27. The molecule has 0 bridgehead atoms. The van der Waals surface area contributed by atoms with Crippen LogP contribution in [0.25, 0.3) is 0 Å². The van der Waals surface area contributed by atoms with Gasteiger partial charge < -0.3 is 4.74 Å². The van der Waals surface area contributed by atoms with E-state index >= 15 is 0 Å². The lowest BCUT2D eigenvalue weighted by Crippen LogP contribution is -2.33. The summed E-state index contributed by atoms with van der Waals surface area (Å²) in [6.07, 6.45) is 0.313. The number of hydrogen-bond acceptors (Lipinski definition) is 5. The van der Waals surface area contributed by atoms with E-state index in [-0.39, 0.29) is 23.5 Å². The standard InChI is InChI=1S/C13H10BrNO4S/c14-7-1-2-9-8(4-7)11(16)6(5-19-9)3-10-12(17)15-13(18)20-10/h1-2,4,6,10H,3,5H2,(H,15,17,18). The van der Waals surface area contributed by atoms with Gasteiger partial charge in [-0.3, -0.25) is 19.7 Å². The van der Waals surface area contributed by atoms with Crippen LogP contribution < -0.4 is 10.1 Å². The van der Waals surface area contributed by atoms with Crippen molar-refractivity contribution in [2.75, 3.05) is 6.61 Å². The number of Topliss-reactive ketones (excluding diaryl/α,β-unsaturated/α-hetero) is 1. The maximum atomic E-state index is 12.4. The Morgan fingerprint density at radius 1 is 1.35 bits per heavy atom. The molecule has 1 fully saturated rings. The van der Waals surface area contributed by atoms with Crippen LogP contribution in [0.3, 0.4) is 0 Å². The number of ketones is 1. The van der Waals surface area contributed by atoms with Crippen LogP contribution in [-0.4, -0.2) is 28.8 Å². The molecule has 2 amide bonds. The molecule has 2 aliphatic rings. The minimum absolute atomic E-state index is 0.0414. The Morgan fingerprint density at radius 2 is 2.15 bits per heavy atom. The second kappa shape index (κ2) is 5.21. The summed E-state index contributed by atoms with van der Waals surface area (Å²) in [6.45, 7) is 0.242. The number of hydrogen-bond donors (Lipinski definition) is 1. The summed E-state index contributed by atoms with van der Waals surface area (Å²) < 4.78 is 6.37. The third-order valence-electron chi connectivity index (χ3n) is 3.28. The van der Waals surface area contributed by atoms with Crippen LogP contribution in [0.15, 0.2) is 22.7 Å². The molecule has 2 aliphatic heterocycles. The summed E-state index contributed by atoms with van der Waals surface area (Å²) in [4.78, 5) is 35.1. The molecule has 0 radical (unpaired) electrons. The van der Waals surface area contributed by atoms with Gasteiger partial charge >= 0.3 is 0 Å². The monoisotopic (exact) mass is 355 g/mol. The molecule has 0 saturated carbocycles. The molecule has 1 saturated heterocycles. The van der Waals surface area contributed by atoms with Gasteiger partial charge in [-0.25, -0.2) is 0 Å². The van der Waals surface area contributed by atoms with Crippen molar-refractivity contribution < 1.29 is 19.1 Å². The van der Waals surface area contributed by atoms with E-state index in [4.69, 9.17) is 4.74 Å². The molecule has 2 heterocycles. The van der Waals surface area contributed by atoms with Crippen LogP contribution >= 0.6 is 27.7 Å². The molecule has 0 spiro atoms. The zero-order chi connectivity index (χ0) is 14.3. The Hall–Kier alpha value is -1.34. The number of benzene rings is 1. The predicted molar refractivity (Wildman–Crippen MR) is 77.0 cm³/mol. The van der Waals surface area contributed by atoms with Crippen LogP contribution in [0.5, 0.6) is 5.75 Å². The molecule has 7 heteroatoms. The van der Waals surface area contributed by atoms with Gasteiger partial charge in [-0.05, 0) is 24.6 Å². The van der Waals surface area contributed by atoms with Gasteiger partial charge in [0.1, 0.15) is 5.75 Å². The fraction of sp³-hybridized carbons (Fsp3) is 0.308. The van der Waals surface area contributed by atoms with Gasteiger partial charge in [0, 0.05) is 4.47 Å². The highest BCUT2D eigenvalue weighted by molar-refractivity contribution is 9.10. The third-order valence-corrected chi connectivity index (χ3v) is 4.78. The molecule has 1 N–H and O–H groups in total. The summed E-state index contributed by atoms with van der Waals surface area (Å²) in [5, 5.41) is 1.36. The van der Waals surface area contributed by atoms with Crippen LogP contribution in [-0.2, 0) is 4.79 Å². The molecular weight excluding hydrogens is 346 g/mol. The molecule has 0 aliphatic carbocycles. The Morgan fingerprint density at radius 3 is 2.85 bits per heavy atom. The van der Waals surface area contributed by atoms with Crippen LogP contribution in [0, 0.1) is 5.92 Å². The first-order valence-electron chi connectivity index (χ1n) is 6.02. The molecule has 0 aromatic heterocycles. The van der Waals surface area contributed by atoms with E-state index in [2.05, 4.69) is 21.2 Å². The van der Waals surface area contributed by atoms with E-state index in [0.29, 0.717) is 17.7 Å². The largest absolute Gasteiger partial charge is 0.492 e. The highest BCUT2D eigenvalue weighted by Crippen LogP contribution is 2.34. The van der Waals surface area contributed by atoms with E-state index in [1.807, 2.05) is 6.07 Å². The molecule has 2 unspecified atom stereocenters. The molecule has 3 rings (SSSR count). The lowest BCUT2D eigenvalue weighted by Gasteiger charge is -2.25. The van der Waals surface area contributed by atoms with Gasteiger partial charge in [-0.15, -0.1) is 0 Å². The average Bonchev–Trinajstić information content (AvgIpc) is 2.72. The van der Waals surface area contributed by atoms with Gasteiger partial charge in [0.25, 0.3) is 5.24 Å². The highest BCUT2D eigenvalue weighted by atomic mass is 79.9. The van der Waals surface area contributed by atoms with E-state index in [0.717, 1.165) is 16.2 Å². The quantitative estimate of drug-likeness (QED) is 0.881. The maximum absolute atomic E-state index is 12.4. The molecule has 104 valence electrons. The molecule has 20 heavy (non-hydrogen) atoms. The van der Waals surface area contributed by atoms with Gasteiger partial charge in [0.05, 0.1) is 23.3 Å². The number of imide groups is 1. The van der Waals surface area contributed by atoms with Gasteiger partial charge in [0.2, 0.25) is 5.91 Å². The minimum Gasteiger partial charge on any atom is -0.492 e. The lowest BCUT2D eigenvalue weighted by molar-refractivity contribution is -0.119. The Balaban J connectivity index is 1.78. The van der Waals surface area contributed by atoms with Crippen molar-refractivity contribution in [3.05, 3.63) is 28.2 Å². The van der Waals surface area contributed by atoms with E-state index in [9.17, 15) is 14.4 Å². The lowest BCUT2D eigenvalue weighted by atomic mass is 9.91. The highest BCUT2D eigenvalue weighted by Gasteiger charge is 2.38. The molecule has 1 aromatic carbocycles. The van der Waals surface area contributed by atoms with Gasteiger partial charge in [0.15, 0.2) is 5.78 Å². The third kappa shape index (κ3) is 2.47. The molecule has 5 nitrogen and oxygen atoms in total.